The van der Waals surface area contributed by atoms with Crippen LogP contribution in [-0.4, -0.2) is 48.2 Å². The first-order valence-corrected chi connectivity index (χ1v) is 12.1. The van der Waals surface area contributed by atoms with Gasteiger partial charge in [-0.25, -0.2) is 0 Å². The Morgan fingerprint density at radius 1 is 1.00 bits per heavy atom. The molecule has 5 rings (SSSR count). The molecule has 0 amide bonds. The summed E-state index contributed by atoms with van der Waals surface area (Å²) in [5, 5.41) is 19.1. The zero-order valence-corrected chi connectivity index (χ0v) is 20.4. The molecule has 0 aliphatic carbocycles. The summed E-state index contributed by atoms with van der Waals surface area (Å²) < 4.78 is 23.0. The first-order chi connectivity index (χ1) is 17.4. The highest BCUT2D eigenvalue weighted by molar-refractivity contribution is 5.72. The van der Waals surface area contributed by atoms with Crippen LogP contribution in [0.15, 0.2) is 54.6 Å². The average molecular weight is 491 g/mol. The molecule has 3 aromatic rings. The predicted octanol–water partition coefficient (Wildman–Crippen LogP) is 4.64. The SMILES string of the molecule is Cc1cc(O[C@H]2COC[C@@H]2O)cc(C)c1-c1cccc(COc2ccc3c(c2)OCC3CC(=O)O)c1. The highest BCUT2D eigenvalue weighted by Crippen LogP contribution is 2.38. The second kappa shape index (κ2) is 10.2. The molecular formula is C29H30O7. The number of carboxylic acid groups (broad SMARTS) is 1. The Hall–Kier alpha value is -3.55. The van der Waals surface area contributed by atoms with Gasteiger partial charge in [-0.3, -0.25) is 4.79 Å². The van der Waals surface area contributed by atoms with Crippen molar-refractivity contribution in [3.05, 3.63) is 76.9 Å². The van der Waals surface area contributed by atoms with Crippen LogP contribution in [0.1, 0.15) is 34.6 Å². The number of benzene rings is 3. The molecule has 0 bridgehead atoms. The Balaban J connectivity index is 1.28. The molecule has 1 unspecified atom stereocenters. The van der Waals surface area contributed by atoms with E-state index in [1.807, 2.05) is 42.5 Å². The Morgan fingerprint density at radius 3 is 2.53 bits per heavy atom. The molecule has 2 heterocycles. The van der Waals surface area contributed by atoms with Crippen molar-refractivity contribution in [2.24, 2.45) is 0 Å². The fraction of sp³-hybridized carbons (Fsp3) is 0.345. The molecule has 3 aromatic carbocycles. The molecular weight excluding hydrogens is 460 g/mol. The normalized spacial score (nSPS) is 20.6. The Morgan fingerprint density at radius 2 is 1.81 bits per heavy atom. The molecule has 7 heteroatoms. The number of carbonyl (C=O) groups is 1. The summed E-state index contributed by atoms with van der Waals surface area (Å²) in [5.41, 5.74) is 6.35. The van der Waals surface area contributed by atoms with Crippen molar-refractivity contribution in [3.63, 3.8) is 0 Å². The van der Waals surface area contributed by atoms with Crippen LogP contribution in [-0.2, 0) is 16.1 Å². The fourth-order valence-corrected chi connectivity index (χ4v) is 4.97. The van der Waals surface area contributed by atoms with Crippen LogP contribution in [0, 0.1) is 13.8 Å². The van der Waals surface area contributed by atoms with Gasteiger partial charge < -0.3 is 29.2 Å². The van der Waals surface area contributed by atoms with E-state index >= 15 is 0 Å². The van der Waals surface area contributed by atoms with Gasteiger partial charge in [-0.1, -0.05) is 24.3 Å². The molecule has 2 N–H and O–H groups in total. The summed E-state index contributed by atoms with van der Waals surface area (Å²) >= 11 is 0. The molecule has 3 atom stereocenters. The minimum atomic E-state index is -0.827. The second-order valence-electron chi connectivity index (χ2n) is 9.49. The van der Waals surface area contributed by atoms with E-state index in [0.29, 0.717) is 37.9 Å². The molecule has 0 radical (unpaired) electrons. The van der Waals surface area contributed by atoms with Gasteiger partial charge in [0.05, 0.1) is 26.2 Å². The van der Waals surface area contributed by atoms with Crippen LogP contribution in [0.2, 0.25) is 0 Å². The van der Waals surface area contributed by atoms with Gasteiger partial charge in [0.15, 0.2) is 0 Å². The molecule has 2 aliphatic rings. The van der Waals surface area contributed by atoms with Crippen LogP contribution >= 0.6 is 0 Å². The third-order valence-electron chi connectivity index (χ3n) is 6.70. The fourth-order valence-electron chi connectivity index (χ4n) is 4.97. The highest BCUT2D eigenvalue weighted by Gasteiger charge is 2.28. The van der Waals surface area contributed by atoms with Gasteiger partial charge in [0.25, 0.3) is 0 Å². The maximum Gasteiger partial charge on any atom is 0.304 e. The lowest BCUT2D eigenvalue weighted by Gasteiger charge is -2.19. The van der Waals surface area contributed by atoms with Crippen molar-refractivity contribution in [2.75, 3.05) is 19.8 Å². The molecule has 1 fully saturated rings. The summed E-state index contributed by atoms with van der Waals surface area (Å²) in [4.78, 5) is 11.1. The third-order valence-corrected chi connectivity index (χ3v) is 6.70. The zero-order valence-electron chi connectivity index (χ0n) is 20.4. The number of carboxylic acids is 1. The zero-order chi connectivity index (χ0) is 25.2. The Labute approximate surface area is 210 Å². The van der Waals surface area contributed by atoms with Crippen molar-refractivity contribution in [2.45, 2.75) is 45.0 Å². The third kappa shape index (κ3) is 5.17. The molecule has 0 spiro atoms. The molecule has 7 nitrogen and oxygen atoms in total. The number of aliphatic hydroxyl groups excluding tert-OH is 1. The summed E-state index contributed by atoms with van der Waals surface area (Å²) in [6, 6.07) is 17.8. The first kappa shape index (κ1) is 24.2. The monoisotopic (exact) mass is 490 g/mol. The van der Waals surface area contributed by atoms with E-state index in [1.165, 1.54) is 0 Å². The van der Waals surface area contributed by atoms with E-state index < -0.39 is 12.1 Å². The van der Waals surface area contributed by atoms with Crippen LogP contribution < -0.4 is 14.2 Å². The van der Waals surface area contributed by atoms with Gasteiger partial charge in [0, 0.05) is 17.5 Å². The van der Waals surface area contributed by atoms with E-state index in [-0.39, 0.29) is 18.4 Å². The number of hydrogen-bond acceptors (Lipinski definition) is 6. The van der Waals surface area contributed by atoms with Gasteiger partial charge in [0.2, 0.25) is 0 Å². The van der Waals surface area contributed by atoms with Crippen LogP contribution in [0.5, 0.6) is 17.2 Å². The van der Waals surface area contributed by atoms with Crippen LogP contribution in [0.4, 0.5) is 0 Å². The van der Waals surface area contributed by atoms with E-state index in [2.05, 4.69) is 26.0 Å². The number of aryl methyl sites for hydroxylation is 2. The number of rotatable bonds is 8. The first-order valence-electron chi connectivity index (χ1n) is 12.1. The Bertz CT molecular complexity index is 1250. The van der Waals surface area contributed by atoms with Crippen LogP contribution in [0.25, 0.3) is 11.1 Å². The standard InChI is InChI=1S/C29H30O7/c1-17-8-23(36-27-16-33-15-25(27)30)9-18(2)29(17)20-5-3-4-19(10-20)13-34-22-6-7-24-21(11-28(31)32)14-35-26(24)12-22/h3-10,12,21,25,27,30H,11,13-16H2,1-2H3,(H,31,32)/t21?,25-,27-/m0/s1. The van der Waals surface area contributed by atoms with Crippen molar-refractivity contribution in [3.8, 4) is 28.4 Å². The largest absolute Gasteiger partial charge is 0.492 e. The topological polar surface area (TPSA) is 94.5 Å². The van der Waals surface area contributed by atoms with E-state index in [4.69, 9.17) is 24.1 Å². The maximum absolute atomic E-state index is 11.1. The molecule has 188 valence electrons. The van der Waals surface area contributed by atoms with Crippen molar-refractivity contribution < 1.29 is 34.0 Å². The van der Waals surface area contributed by atoms with Gasteiger partial charge in [-0.15, -0.1) is 0 Å². The lowest BCUT2D eigenvalue weighted by molar-refractivity contribution is -0.137. The maximum atomic E-state index is 11.1. The van der Waals surface area contributed by atoms with E-state index in [9.17, 15) is 9.90 Å². The van der Waals surface area contributed by atoms with Gasteiger partial charge >= 0.3 is 5.97 Å². The molecule has 36 heavy (non-hydrogen) atoms. The smallest absolute Gasteiger partial charge is 0.304 e. The predicted molar refractivity (Wildman–Crippen MR) is 134 cm³/mol. The van der Waals surface area contributed by atoms with Gasteiger partial charge in [-0.2, -0.15) is 0 Å². The number of fused-ring (bicyclic) bond motifs is 1. The summed E-state index contributed by atoms with van der Waals surface area (Å²) in [5.74, 6) is 1.15. The van der Waals surface area contributed by atoms with Gasteiger partial charge in [-0.05, 0) is 65.9 Å². The number of ether oxygens (including phenoxy) is 4. The highest BCUT2D eigenvalue weighted by atomic mass is 16.6. The molecule has 0 aromatic heterocycles. The Kier molecular flexibility index (Phi) is 6.85. The van der Waals surface area contributed by atoms with Crippen LogP contribution in [0.3, 0.4) is 0 Å². The number of aliphatic carboxylic acids is 1. The minimum Gasteiger partial charge on any atom is -0.492 e. The molecule has 0 saturated carbocycles. The van der Waals surface area contributed by atoms with Crippen molar-refractivity contribution in [1.29, 1.82) is 0 Å². The molecule has 2 aliphatic heterocycles. The van der Waals surface area contributed by atoms with Crippen molar-refractivity contribution in [1.82, 2.24) is 0 Å². The number of aliphatic hydroxyl groups is 1. The van der Waals surface area contributed by atoms with Gasteiger partial charge in [0.1, 0.15) is 36.1 Å². The average Bonchev–Trinajstić information content (AvgIpc) is 3.42. The summed E-state index contributed by atoms with van der Waals surface area (Å²) in [6.45, 7) is 5.58. The second-order valence-corrected chi connectivity index (χ2v) is 9.49. The van der Waals surface area contributed by atoms with Crippen molar-refractivity contribution >= 4 is 5.97 Å². The van der Waals surface area contributed by atoms with E-state index in [0.717, 1.165) is 39.1 Å². The number of hydrogen-bond donors (Lipinski definition) is 2. The minimum absolute atomic E-state index is 0.0584. The summed E-state index contributed by atoms with van der Waals surface area (Å²) in [7, 11) is 0. The lowest BCUT2D eigenvalue weighted by atomic mass is 9.94. The summed E-state index contributed by atoms with van der Waals surface area (Å²) in [6.07, 6.45) is -0.892. The lowest BCUT2D eigenvalue weighted by Crippen LogP contribution is -2.29. The molecule has 1 saturated heterocycles. The quantitative estimate of drug-likeness (QED) is 0.475. The van der Waals surface area contributed by atoms with E-state index in [1.54, 1.807) is 0 Å².